The number of imide groups is 1. The van der Waals surface area contributed by atoms with E-state index in [1.165, 1.54) is 15.9 Å². The van der Waals surface area contributed by atoms with Crippen molar-refractivity contribution in [2.45, 2.75) is 19.8 Å². The van der Waals surface area contributed by atoms with Crippen molar-refractivity contribution in [3.8, 4) is 5.75 Å². The van der Waals surface area contributed by atoms with Gasteiger partial charge in [0.2, 0.25) is 17.7 Å². The Balaban J connectivity index is 1.31. The summed E-state index contributed by atoms with van der Waals surface area (Å²) >= 11 is 12.3. The first-order valence-corrected chi connectivity index (χ1v) is 12.1. The van der Waals surface area contributed by atoms with E-state index in [-0.39, 0.29) is 54.2 Å². The van der Waals surface area contributed by atoms with E-state index in [9.17, 15) is 19.2 Å². The zero-order valence-corrected chi connectivity index (χ0v) is 20.3. The zero-order valence-electron chi connectivity index (χ0n) is 18.8. The summed E-state index contributed by atoms with van der Waals surface area (Å²) in [5.74, 6) is -2.61. The van der Waals surface area contributed by atoms with Gasteiger partial charge in [0, 0.05) is 24.1 Å². The van der Waals surface area contributed by atoms with Crippen LogP contribution in [0, 0.1) is 23.7 Å². The van der Waals surface area contributed by atoms with Crippen molar-refractivity contribution in [3.63, 3.8) is 0 Å². The molecule has 35 heavy (non-hydrogen) atoms. The smallest absolute Gasteiger partial charge is 0.316 e. The van der Waals surface area contributed by atoms with E-state index in [2.05, 4.69) is 0 Å². The summed E-state index contributed by atoms with van der Waals surface area (Å²) in [6.45, 7) is 2.04. The van der Waals surface area contributed by atoms with E-state index in [1.54, 1.807) is 36.4 Å². The lowest BCUT2D eigenvalue weighted by Gasteiger charge is -2.22. The van der Waals surface area contributed by atoms with Crippen LogP contribution >= 0.6 is 23.2 Å². The summed E-state index contributed by atoms with van der Waals surface area (Å²) < 4.78 is 5.56. The number of amides is 3. The number of hydrogen-bond acceptors (Lipinski definition) is 5. The molecule has 0 aromatic heterocycles. The van der Waals surface area contributed by atoms with Crippen LogP contribution in [0.1, 0.15) is 19.8 Å². The van der Waals surface area contributed by atoms with E-state index in [0.717, 1.165) is 0 Å². The highest BCUT2D eigenvalue weighted by atomic mass is 35.5. The fourth-order valence-electron chi connectivity index (χ4n) is 5.08. The van der Waals surface area contributed by atoms with Gasteiger partial charge in [-0.25, -0.2) is 4.90 Å². The Morgan fingerprint density at radius 2 is 1.86 bits per heavy atom. The summed E-state index contributed by atoms with van der Waals surface area (Å²) in [6, 6.07) is 11.1. The second kappa shape index (κ2) is 9.13. The predicted octanol–water partition coefficient (Wildman–Crippen LogP) is 4.65. The number of carbonyl (C=O) groups is 4. The molecule has 5 rings (SSSR count). The van der Waals surface area contributed by atoms with Crippen LogP contribution in [0.3, 0.4) is 0 Å². The number of ether oxygens (including phenoxy) is 1. The largest absolute Gasteiger partial charge is 0.426 e. The number of benzene rings is 2. The van der Waals surface area contributed by atoms with Crippen LogP contribution in [-0.2, 0) is 19.2 Å². The van der Waals surface area contributed by atoms with Crippen molar-refractivity contribution in [1.82, 2.24) is 0 Å². The van der Waals surface area contributed by atoms with Crippen LogP contribution < -0.4 is 14.5 Å². The Labute approximate surface area is 212 Å². The molecule has 0 bridgehead atoms. The van der Waals surface area contributed by atoms with Gasteiger partial charge in [-0.3, -0.25) is 19.2 Å². The van der Waals surface area contributed by atoms with Gasteiger partial charge in [0.05, 0.1) is 34.2 Å². The van der Waals surface area contributed by atoms with Crippen LogP contribution in [0.25, 0.3) is 0 Å². The summed E-state index contributed by atoms with van der Waals surface area (Å²) in [6.07, 6.45) is 4.42. The number of carbonyl (C=O) groups excluding carboxylic acids is 4. The fourth-order valence-corrected chi connectivity index (χ4v) is 5.46. The molecule has 2 aromatic carbocycles. The first kappa shape index (κ1) is 23.6. The van der Waals surface area contributed by atoms with Gasteiger partial charge in [-0.2, -0.15) is 0 Å². The quantitative estimate of drug-likeness (QED) is 0.257. The highest BCUT2D eigenvalue weighted by Crippen LogP contribution is 2.41. The summed E-state index contributed by atoms with van der Waals surface area (Å²) in [5.41, 5.74) is 0.805. The third-order valence-electron chi connectivity index (χ3n) is 6.82. The fraction of sp³-hybridized carbons (Fsp3) is 0.308. The van der Waals surface area contributed by atoms with Gasteiger partial charge in [0.15, 0.2) is 0 Å². The minimum absolute atomic E-state index is 0.0212. The Bertz CT molecular complexity index is 1280. The number of fused-ring (bicyclic) bond motifs is 1. The van der Waals surface area contributed by atoms with Gasteiger partial charge in [-0.15, -0.1) is 0 Å². The second-order valence-corrected chi connectivity index (χ2v) is 9.93. The van der Waals surface area contributed by atoms with Crippen LogP contribution in [0.2, 0.25) is 10.0 Å². The normalized spacial score (nSPS) is 25.9. The van der Waals surface area contributed by atoms with Crippen LogP contribution in [0.4, 0.5) is 11.4 Å². The average Bonchev–Trinajstić information content (AvgIpc) is 3.33. The van der Waals surface area contributed by atoms with Crippen LogP contribution in [-0.4, -0.2) is 30.2 Å². The molecule has 2 aromatic rings. The van der Waals surface area contributed by atoms with Gasteiger partial charge < -0.3 is 9.64 Å². The molecular formula is C26H22Cl2N2O5. The monoisotopic (exact) mass is 512 g/mol. The molecule has 4 atom stereocenters. The highest BCUT2D eigenvalue weighted by molar-refractivity contribution is 6.36. The van der Waals surface area contributed by atoms with Crippen molar-refractivity contribution in [2.24, 2.45) is 23.7 Å². The lowest BCUT2D eigenvalue weighted by molar-refractivity contribution is -0.139. The summed E-state index contributed by atoms with van der Waals surface area (Å²) in [4.78, 5) is 54.1. The number of anilines is 2. The topological polar surface area (TPSA) is 84.0 Å². The molecule has 2 saturated heterocycles. The molecule has 0 radical (unpaired) electrons. The Hall–Kier alpha value is -3.16. The second-order valence-electron chi connectivity index (χ2n) is 9.09. The van der Waals surface area contributed by atoms with Gasteiger partial charge in [0.25, 0.3) is 0 Å². The van der Waals surface area contributed by atoms with Crippen molar-refractivity contribution >= 4 is 58.3 Å². The SMILES string of the molecule is C[C@@H]1C=CC[C@@H]2C(=O)N(c3cccc(OC(=O)[C@@H]4CC(=O)N(c5cc(Cl)ccc5Cl)C4)c3)C(=O)[C@H]12. The third-order valence-corrected chi connectivity index (χ3v) is 7.38. The zero-order chi connectivity index (χ0) is 24.9. The van der Waals surface area contributed by atoms with Crippen molar-refractivity contribution < 1.29 is 23.9 Å². The van der Waals surface area contributed by atoms with Crippen LogP contribution in [0.15, 0.2) is 54.6 Å². The predicted molar refractivity (Wildman–Crippen MR) is 131 cm³/mol. The van der Waals surface area contributed by atoms with Gasteiger partial charge >= 0.3 is 5.97 Å². The maximum Gasteiger partial charge on any atom is 0.316 e. The number of nitrogens with zero attached hydrogens (tertiary/aromatic N) is 2. The van der Waals surface area contributed by atoms with Crippen molar-refractivity contribution in [2.75, 3.05) is 16.3 Å². The van der Waals surface area contributed by atoms with Gasteiger partial charge in [-0.1, -0.05) is 48.3 Å². The van der Waals surface area contributed by atoms with E-state index < -0.39 is 11.9 Å². The standard InChI is InChI=1S/C26H22Cl2N2O5/c1-14-4-2-7-19-23(14)25(33)30(24(19)32)17-5-3-6-18(12-17)35-26(34)15-10-22(31)29(13-15)21-11-16(27)8-9-20(21)28/h2-6,8-9,11-12,14-15,19,23H,7,10,13H2,1H3/t14-,15-,19+,23-/m1/s1. The third kappa shape index (κ3) is 4.23. The molecule has 0 N–H and O–H groups in total. The number of esters is 1. The Morgan fingerprint density at radius 1 is 1.06 bits per heavy atom. The molecule has 0 unspecified atom stereocenters. The lowest BCUT2D eigenvalue weighted by Crippen LogP contribution is -2.31. The highest BCUT2D eigenvalue weighted by Gasteiger charge is 2.50. The minimum atomic E-state index is -0.703. The number of allylic oxidation sites excluding steroid dienone is 2. The molecule has 2 aliphatic heterocycles. The van der Waals surface area contributed by atoms with Crippen molar-refractivity contribution in [1.29, 1.82) is 0 Å². The Morgan fingerprint density at radius 3 is 2.63 bits per heavy atom. The summed E-state index contributed by atoms with van der Waals surface area (Å²) in [7, 11) is 0. The van der Waals surface area contributed by atoms with Gasteiger partial charge in [-0.05, 0) is 42.7 Å². The molecule has 180 valence electrons. The minimum Gasteiger partial charge on any atom is -0.426 e. The van der Waals surface area contributed by atoms with E-state index in [0.29, 0.717) is 27.8 Å². The molecular weight excluding hydrogens is 491 g/mol. The number of hydrogen-bond donors (Lipinski definition) is 0. The maximum atomic E-state index is 13.1. The molecule has 7 nitrogen and oxygen atoms in total. The molecule has 0 spiro atoms. The molecule has 1 aliphatic carbocycles. The van der Waals surface area contributed by atoms with Crippen molar-refractivity contribution in [3.05, 3.63) is 64.7 Å². The van der Waals surface area contributed by atoms with E-state index in [1.807, 2.05) is 19.1 Å². The molecule has 3 amide bonds. The first-order chi connectivity index (χ1) is 16.7. The van der Waals surface area contributed by atoms with Crippen LogP contribution in [0.5, 0.6) is 5.75 Å². The lowest BCUT2D eigenvalue weighted by atomic mass is 9.78. The Kier molecular flexibility index (Phi) is 6.15. The van der Waals surface area contributed by atoms with E-state index in [4.69, 9.17) is 27.9 Å². The summed E-state index contributed by atoms with van der Waals surface area (Å²) in [5, 5.41) is 0.783. The first-order valence-electron chi connectivity index (χ1n) is 11.4. The molecule has 2 fully saturated rings. The van der Waals surface area contributed by atoms with E-state index >= 15 is 0 Å². The number of rotatable bonds is 4. The molecule has 2 heterocycles. The van der Waals surface area contributed by atoms with Gasteiger partial charge in [0.1, 0.15) is 5.75 Å². The number of halogens is 2. The molecule has 0 saturated carbocycles. The maximum absolute atomic E-state index is 13.1. The molecule has 3 aliphatic rings. The molecule has 9 heteroatoms. The average molecular weight is 513 g/mol.